The van der Waals surface area contributed by atoms with E-state index in [1.165, 1.54) is 18.2 Å². The molecule has 2 atom stereocenters. The molecule has 0 heterocycles. The van der Waals surface area contributed by atoms with Gasteiger partial charge in [0.15, 0.2) is 0 Å². The molecule has 15 heavy (non-hydrogen) atoms. The molecule has 1 aromatic carbocycles. The molecule has 4 nitrogen and oxygen atoms in total. The van der Waals surface area contributed by atoms with E-state index in [-0.39, 0.29) is 11.1 Å². The van der Waals surface area contributed by atoms with Crippen LogP contribution in [0.2, 0.25) is 0 Å². The Labute approximate surface area is 85.8 Å². The highest BCUT2D eigenvalue weighted by Crippen LogP contribution is 2.22. The van der Waals surface area contributed by atoms with Crippen molar-refractivity contribution in [2.75, 3.05) is 6.61 Å². The van der Waals surface area contributed by atoms with Gasteiger partial charge in [-0.1, -0.05) is 12.1 Å². The zero-order valence-electron chi connectivity index (χ0n) is 7.76. The van der Waals surface area contributed by atoms with Gasteiger partial charge in [0.25, 0.3) is 0 Å². The predicted octanol–water partition coefficient (Wildman–Crippen LogP) is 0.0840. The maximum absolute atomic E-state index is 13.4. The van der Waals surface area contributed by atoms with Crippen LogP contribution in [0.5, 0.6) is 0 Å². The zero-order chi connectivity index (χ0) is 11.4. The highest BCUT2D eigenvalue weighted by Gasteiger charge is 2.22. The second-order valence-corrected chi connectivity index (χ2v) is 3.02. The number of hydrogen-bond donors (Lipinski definition) is 3. The second-order valence-electron chi connectivity index (χ2n) is 3.02. The first-order valence-corrected chi connectivity index (χ1v) is 4.27. The average Bonchev–Trinajstić information content (AvgIpc) is 2.27. The van der Waals surface area contributed by atoms with Crippen LogP contribution in [0.1, 0.15) is 17.2 Å². The highest BCUT2D eigenvalue weighted by atomic mass is 19.1. The Bertz CT molecular complexity index is 389. The van der Waals surface area contributed by atoms with Crippen molar-refractivity contribution in [1.29, 1.82) is 5.26 Å². The van der Waals surface area contributed by atoms with E-state index in [1.54, 1.807) is 6.07 Å². The van der Waals surface area contributed by atoms with Gasteiger partial charge in [0.2, 0.25) is 0 Å². The number of rotatable bonds is 3. The van der Waals surface area contributed by atoms with E-state index in [1.807, 2.05) is 0 Å². The van der Waals surface area contributed by atoms with E-state index in [0.717, 1.165) is 0 Å². The third kappa shape index (κ3) is 2.30. The topological polar surface area (TPSA) is 84.5 Å². The van der Waals surface area contributed by atoms with Crippen LogP contribution in [-0.2, 0) is 0 Å². The van der Waals surface area contributed by atoms with Crippen LogP contribution in [0.4, 0.5) is 4.39 Å². The fourth-order valence-electron chi connectivity index (χ4n) is 1.17. The summed E-state index contributed by atoms with van der Waals surface area (Å²) in [4.78, 5) is 0. The van der Waals surface area contributed by atoms with Gasteiger partial charge in [0.05, 0.1) is 12.2 Å². The molecule has 80 valence electrons. The lowest BCUT2D eigenvalue weighted by Crippen LogP contribution is -2.23. The second kappa shape index (κ2) is 4.84. The summed E-state index contributed by atoms with van der Waals surface area (Å²) < 4.78 is 13.4. The first kappa shape index (κ1) is 11.6. The Morgan fingerprint density at radius 3 is 2.60 bits per heavy atom. The number of nitrogens with zero attached hydrogens (tertiary/aromatic N) is 1. The Balaban J connectivity index is 3.10. The van der Waals surface area contributed by atoms with Crippen LogP contribution in [0.3, 0.4) is 0 Å². The average molecular weight is 211 g/mol. The van der Waals surface area contributed by atoms with Gasteiger partial charge in [-0.2, -0.15) is 5.26 Å². The molecule has 0 spiro atoms. The summed E-state index contributed by atoms with van der Waals surface area (Å²) >= 11 is 0. The molecule has 1 aromatic rings. The zero-order valence-corrected chi connectivity index (χ0v) is 7.76. The van der Waals surface area contributed by atoms with Gasteiger partial charge in [-0.25, -0.2) is 4.39 Å². The smallest absolute Gasteiger partial charge is 0.146 e. The van der Waals surface area contributed by atoms with Crippen molar-refractivity contribution in [1.82, 2.24) is 0 Å². The van der Waals surface area contributed by atoms with E-state index in [2.05, 4.69) is 0 Å². The Kier molecular flexibility index (Phi) is 3.74. The monoisotopic (exact) mass is 211 g/mol. The van der Waals surface area contributed by atoms with E-state index in [0.29, 0.717) is 0 Å². The minimum absolute atomic E-state index is 0.199. The van der Waals surface area contributed by atoms with E-state index in [9.17, 15) is 9.50 Å². The van der Waals surface area contributed by atoms with E-state index in [4.69, 9.17) is 15.5 Å². The molecule has 0 aliphatic carbocycles. The lowest BCUT2D eigenvalue weighted by Gasteiger charge is -2.16. The maximum atomic E-state index is 13.4. The molecule has 0 amide bonds. The van der Waals surface area contributed by atoms with Crippen molar-refractivity contribution in [3.05, 3.63) is 35.1 Å². The summed E-state index contributed by atoms with van der Waals surface area (Å²) in [6.07, 6.45) is -3.00. The number of aliphatic hydroxyl groups excluding tert-OH is 3. The standard InChI is InChI=1S/C10H10FNO3/c11-9-6(4-12)2-1-3-7(9)10(15)8(14)5-13/h1-3,8,10,13-15H,5H2. The molecule has 0 aromatic heterocycles. The van der Waals surface area contributed by atoms with Crippen molar-refractivity contribution in [3.8, 4) is 6.07 Å². The molecule has 2 unspecified atom stereocenters. The fourth-order valence-corrected chi connectivity index (χ4v) is 1.17. The van der Waals surface area contributed by atoms with Crippen molar-refractivity contribution in [2.45, 2.75) is 12.2 Å². The minimum atomic E-state index is -1.54. The molecule has 0 aliphatic rings. The summed E-state index contributed by atoms with van der Waals surface area (Å²) in [7, 11) is 0. The molecule has 0 saturated carbocycles. The summed E-state index contributed by atoms with van der Waals surface area (Å²) in [5, 5.41) is 35.7. The third-order valence-electron chi connectivity index (χ3n) is 2.02. The van der Waals surface area contributed by atoms with Crippen LogP contribution in [0, 0.1) is 17.1 Å². The van der Waals surface area contributed by atoms with Crippen molar-refractivity contribution in [2.24, 2.45) is 0 Å². The van der Waals surface area contributed by atoms with Gasteiger partial charge in [-0.3, -0.25) is 0 Å². The number of halogens is 1. The number of hydrogen-bond acceptors (Lipinski definition) is 4. The molecule has 3 N–H and O–H groups in total. The largest absolute Gasteiger partial charge is 0.394 e. The van der Waals surface area contributed by atoms with Crippen molar-refractivity contribution in [3.63, 3.8) is 0 Å². The van der Waals surface area contributed by atoms with Crippen LogP contribution >= 0.6 is 0 Å². The quantitative estimate of drug-likeness (QED) is 0.661. The van der Waals surface area contributed by atoms with Gasteiger partial charge in [0, 0.05) is 5.56 Å². The van der Waals surface area contributed by atoms with Crippen molar-refractivity contribution < 1.29 is 19.7 Å². The molecular weight excluding hydrogens is 201 g/mol. The van der Waals surface area contributed by atoms with Gasteiger partial charge in [0.1, 0.15) is 24.1 Å². The molecule has 0 fully saturated rings. The van der Waals surface area contributed by atoms with Gasteiger partial charge in [-0.15, -0.1) is 0 Å². The molecule has 0 radical (unpaired) electrons. The third-order valence-corrected chi connectivity index (χ3v) is 2.02. The molecular formula is C10H10FNO3. The summed E-state index contributed by atoms with van der Waals surface area (Å²) in [6, 6.07) is 5.52. The first-order valence-electron chi connectivity index (χ1n) is 4.27. The number of nitriles is 1. The van der Waals surface area contributed by atoms with Crippen LogP contribution < -0.4 is 0 Å². The number of benzene rings is 1. The maximum Gasteiger partial charge on any atom is 0.146 e. The molecule has 0 saturated heterocycles. The molecule has 0 aliphatic heterocycles. The van der Waals surface area contributed by atoms with Crippen LogP contribution in [0.15, 0.2) is 18.2 Å². The Hall–Kier alpha value is -1.48. The Morgan fingerprint density at radius 1 is 1.40 bits per heavy atom. The van der Waals surface area contributed by atoms with Crippen LogP contribution in [-0.4, -0.2) is 28.0 Å². The number of aliphatic hydroxyl groups is 3. The normalized spacial score (nSPS) is 14.3. The molecule has 0 bridgehead atoms. The van der Waals surface area contributed by atoms with Gasteiger partial charge in [-0.05, 0) is 6.07 Å². The fraction of sp³-hybridized carbons (Fsp3) is 0.300. The Morgan fingerprint density at radius 2 is 2.07 bits per heavy atom. The van der Waals surface area contributed by atoms with Crippen molar-refractivity contribution >= 4 is 0 Å². The summed E-state index contributed by atoms with van der Waals surface area (Å²) in [5.41, 5.74) is -0.410. The SMILES string of the molecule is N#Cc1cccc(C(O)C(O)CO)c1F. The predicted molar refractivity (Wildman–Crippen MR) is 49.2 cm³/mol. The first-order chi connectivity index (χ1) is 7.11. The van der Waals surface area contributed by atoms with E-state index < -0.39 is 24.6 Å². The van der Waals surface area contributed by atoms with Crippen LogP contribution in [0.25, 0.3) is 0 Å². The molecule has 5 heteroatoms. The summed E-state index contributed by atoms with van der Waals surface area (Å²) in [6.45, 7) is -0.683. The minimum Gasteiger partial charge on any atom is -0.394 e. The highest BCUT2D eigenvalue weighted by molar-refractivity contribution is 5.36. The lowest BCUT2D eigenvalue weighted by molar-refractivity contribution is -0.0168. The summed E-state index contributed by atoms with van der Waals surface area (Å²) in [5.74, 6) is -0.875. The lowest BCUT2D eigenvalue weighted by atomic mass is 10.0. The van der Waals surface area contributed by atoms with E-state index >= 15 is 0 Å². The van der Waals surface area contributed by atoms with Gasteiger partial charge >= 0.3 is 0 Å². The molecule has 1 rings (SSSR count). The van der Waals surface area contributed by atoms with Gasteiger partial charge < -0.3 is 15.3 Å².